The number of thiazole rings is 1. The van der Waals surface area contributed by atoms with E-state index in [0.29, 0.717) is 43.2 Å². The second-order valence-electron chi connectivity index (χ2n) is 6.83. The van der Waals surface area contributed by atoms with Crippen LogP contribution in [0.2, 0.25) is 0 Å². The SMILES string of the molecule is CC(=O)c1ccc(N2CCN(C(=O)CSc3nc4ccccc4s3)CC2)c(F)c1. The molecule has 4 rings (SSSR count). The van der Waals surface area contributed by atoms with Crippen molar-refractivity contribution in [1.29, 1.82) is 0 Å². The quantitative estimate of drug-likeness (QED) is 0.452. The monoisotopic (exact) mass is 429 g/mol. The summed E-state index contributed by atoms with van der Waals surface area (Å²) in [6.45, 7) is 3.65. The van der Waals surface area contributed by atoms with Crippen LogP contribution in [0.4, 0.5) is 10.1 Å². The van der Waals surface area contributed by atoms with Crippen LogP contribution in [-0.2, 0) is 4.79 Å². The molecule has 1 saturated heterocycles. The number of hydrogen-bond donors (Lipinski definition) is 0. The molecule has 8 heteroatoms. The van der Waals surface area contributed by atoms with E-state index < -0.39 is 5.82 Å². The van der Waals surface area contributed by atoms with Gasteiger partial charge in [-0.3, -0.25) is 9.59 Å². The Morgan fingerprint density at radius 1 is 1.14 bits per heavy atom. The fraction of sp³-hybridized carbons (Fsp3) is 0.286. The van der Waals surface area contributed by atoms with Crippen molar-refractivity contribution >= 4 is 50.7 Å². The van der Waals surface area contributed by atoms with Gasteiger partial charge >= 0.3 is 0 Å². The number of carbonyl (C=O) groups is 2. The Morgan fingerprint density at radius 3 is 2.59 bits per heavy atom. The maximum Gasteiger partial charge on any atom is 0.233 e. The highest BCUT2D eigenvalue weighted by molar-refractivity contribution is 8.01. The molecule has 1 fully saturated rings. The van der Waals surface area contributed by atoms with Crippen molar-refractivity contribution < 1.29 is 14.0 Å². The van der Waals surface area contributed by atoms with Crippen LogP contribution in [0, 0.1) is 5.82 Å². The predicted molar refractivity (Wildman–Crippen MR) is 116 cm³/mol. The molecule has 1 amide bonds. The second kappa shape index (κ2) is 8.51. The van der Waals surface area contributed by atoms with Crippen molar-refractivity contribution in [3.63, 3.8) is 0 Å². The number of hydrogen-bond acceptors (Lipinski definition) is 6. The van der Waals surface area contributed by atoms with E-state index in [1.165, 1.54) is 24.8 Å². The Kier molecular flexibility index (Phi) is 5.82. The van der Waals surface area contributed by atoms with Gasteiger partial charge in [0.05, 0.1) is 21.7 Å². The molecule has 0 aliphatic carbocycles. The Labute approximate surface area is 176 Å². The zero-order chi connectivity index (χ0) is 20.4. The molecule has 0 spiro atoms. The average Bonchev–Trinajstić information content (AvgIpc) is 3.15. The molecule has 0 radical (unpaired) electrons. The third kappa shape index (κ3) is 4.43. The minimum Gasteiger partial charge on any atom is -0.366 e. The summed E-state index contributed by atoms with van der Waals surface area (Å²) in [4.78, 5) is 32.2. The van der Waals surface area contributed by atoms with Crippen LogP contribution in [0.5, 0.6) is 0 Å². The predicted octanol–water partition coefficient (Wildman–Crippen LogP) is 4.08. The number of fused-ring (bicyclic) bond motifs is 1. The number of anilines is 1. The van der Waals surface area contributed by atoms with Crippen molar-refractivity contribution in [2.24, 2.45) is 0 Å². The number of aromatic nitrogens is 1. The summed E-state index contributed by atoms with van der Waals surface area (Å²) < 4.78 is 16.4. The highest BCUT2D eigenvalue weighted by Gasteiger charge is 2.23. The zero-order valence-corrected chi connectivity index (χ0v) is 17.6. The normalized spacial score (nSPS) is 14.4. The first kappa shape index (κ1) is 19.8. The van der Waals surface area contributed by atoms with Gasteiger partial charge in [0.25, 0.3) is 0 Å². The van der Waals surface area contributed by atoms with Gasteiger partial charge in [-0.25, -0.2) is 9.37 Å². The number of halogens is 1. The molecule has 1 aromatic heterocycles. The number of amides is 1. The lowest BCUT2D eigenvalue weighted by Gasteiger charge is -2.36. The fourth-order valence-corrected chi connectivity index (χ4v) is 5.28. The number of nitrogens with zero attached hydrogens (tertiary/aromatic N) is 3. The van der Waals surface area contributed by atoms with Crippen molar-refractivity contribution in [1.82, 2.24) is 9.88 Å². The second-order valence-corrected chi connectivity index (χ2v) is 9.08. The first-order valence-corrected chi connectivity index (χ1v) is 11.1. The van der Waals surface area contributed by atoms with Crippen molar-refractivity contribution in [3.8, 4) is 0 Å². The van der Waals surface area contributed by atoms with E-state index in [0.717, 1.165) is 14.6 Å². The van der Waals surface area contributed by atoms with Crippen LogP contribution in [0.3, 0.4) is 0 Å². The van der Waals surface area contributed by atoms with Crippen LogP contribution < -0.4 is 4.90 Å². The summed E-state index contributed by atoms with van der Waals surface area (Å²) in [5, 5.41) is 0. The lowest BCUT2D eigenvalue weighted by molar-refractivity contribution is -0.128. The molecule has 5 nitrogen and oxygen atoms in total. The largest absolute Gasteiger partial charge is 0.366 e. The van der Waals surface area contributed by atoms with Crippen LogP contribution >= 0.6 is 23.1 Å². The number of benzene rings is 2. The third-order valence-corrected chi connectivity index (χ3v) is 7.08. The number of piperazine rings is 1. The van der Waals surface area contributed by atoms with Crippen LogP contribution in [0.25, 0.3) is 10.2 Å². The Bertz CT molecular complexity index is 1030. The molecule has 2 heterocycles. The van der Waals surface area contributed by atoms with Gasteiger partial charge in [0.2, 0.25) is 5.91 Å². The smallest absolute Gasteiger partial charge is 0.233 e. The molecule has 0 N–H and O–H groups in total. The summed E-state index contributed by atoms with van der Waals surface area (Å²) in [7, 11) is 0. The molecular weight excluding hydrogens is 409 g/mol. The molecule has 1 aliphatic rings. The van der Waals surface area contributed by atoms with Gasteiger partial charge in [-0.15, -0.1) is 11.3 Å². The third-order valence-electron chi connectivity index (χ3n) is 4.92. The Balaban J connectivity index is 1.32. The lowest BCUT2D eigenvalue weighted by atomic mass is 10.1. The van der Waals surface area contributed by atoms with E-state index in [-0.39, 0.29) is 11.7 Å². The molecule has 0 saturated carbocycles. The summed E-state index contributed by atoms with van der Waals surface area (Å²) in [5.41, 5.74) is 1.80. The fourth-order valence-electron chi connectivity index (χ4n) is 3.31. The topological polar surface area (TPSA) is 53.5 Å². The standard InChI is InChI=1S/C21H20FN3O2S2/c1-14(26)15-6-7-18(16(22)12-15)24-8-10-25(11-9-24)20(27)13-28-21-23-17-4-2-3-5-19(17)29-21/h2-7,12H,8-11,13H2,1H3. The van der Waals surface area contributed by atoms with Crippen molar-refractivity contribution in [2.75, 3.05) is 36.8 Å². The molecule has 1 aliphatic heterocycles. The molecule has 0 unspecified atom stereocenters. The minimum atomic E-state index is -0.399. The van der Waals surface area contributed by atoms with Crippen LogP contribution in [-0.4, -0.2) is 53.5 Å². The lowest BCUT2D eigenvalue weighted by Crippen LogP contribution is -2.49. The van der Waals surface area contributed by atoms with E-state index in [4.69, 9.17) is 0 Å². The molecular formula is C21H20FN3O2S2. The number of rotatable bonds is 5. The van der Waals surface area contributed by atoms with Gasteiger partial charge in [0, 0.05) is 31.7 Å². The number of carbonyl (C=O) groups excluding carboxylic acids is 2. The maximum atomic E-state index is 14.4. The summed E-state index contributed by atoms with van der Waals surface area (Å²) in [6, 6.07) is 12.5. The zero-order valence-electron chi connectivity index (χ0n) is 15.9. The van der Waals surface area contributed by atoms with Gasteiger partial charge < -0.3 is 9.80 Å². The van der Waals surface area contributed by atoms with E-state index >= 15 is 0 Å². The van der Waals surface area contributed by atoms with E-state index in [1.54, 1.807) is 23.5 Å². The summed E-state index contributed by atoms with van der Waals surface area (Å²) >= 11 is 3.06. The van der Waals surface area contributed by atoms with Crippen molar-refractivity contribution in [3.05, 3.63) is 53.8 Å². The molecule has 0 atom stereocenters. The molecule has 2 aromatic carbocycles. The first-order valence-electron chi connectivity index (χ1n) is 9.33. The molecule has 29 heavy (non-hydrogen) atoms. The van der Waals surface area contributed by atoms with Crippen LogP contribution in [0.1, 0.15) is 17.3 Å². The number of Topliss-reactive ketones (excluding diaryl/α,β-unsaturated/α-hetero) is 1. The van der Waals surface area contributed by atoms with E-state index in [1.807, 2.05) is 34.1 Å². The van der Waals surface area contributed by atoms with Gasteiger partial charge in [-0.05, 0) is 37.3 Å². The number of thioether (sulfide) groups is 1. The molecule has 150 valence electrons. The minimum absolute atomic E-state index is 0.0707. The van der Waals surface area contributed by atoms with Crippen molar-refractivity contribution in [2.45, 2.75) is 11.3 Å². The van der Waals surface area contributed by atoms with Gasteiger partial charge in [0.1, 0.15) is 5.82 Å². The molecule has 0 bridgehead atoms. The average molecular weight is 430 g/mol. The van der Waals surface area contributed by atoms with E-state index in [2.05, 4.69) is 4.98 Å². The number of para-hydroxylation sites is 1. The van der Waals surface area contributed by atoms with Gasteiger partial charge in [0.15, 0.2) is 10.1 Å². The maximum absolute atomic E-state index is 14.4. The van der Waals surface area contributed by atoms with Crippen LogP contribution in [0.15, 0.2) is 46.8 Å². The summed E-state index contributed by atoms with van der Waals surface area (Å²) in [6.07, 6.45) is 0. The molecule has 3 aromatic rings. The summed E-state index contributed by atoms with van der Waals surface area (Å²) in [5.74, 6) is -0.136. The Morgan fingerprint density at radius 2 is 1.90 bits per heavy atom. The highest BCUT2D eigenvalue weighted by Crippen LogP contribution is 2.29. The highest BCUT2D eigenvalue weighted by atomic mass is 32.2. The number of ketones is 1. The Hall–Kier alpha value is -2.45. The van der Waals surface area contributed by atoms with E-state index in [9.17, 15) is 14.0 Å². The first-order chi connectivity index (χ1) is 14.0. The van der Waals surface area contributed by atoms with Gasteiger partial charge in [-0.2, -0.15) is 0 Å². The van der Waals surface area contributed by atoms with Gasteiger partial charge in [-0.1, -0.05) is 23.9 Å².